The van der Waals surface area contributed by atoms with Gasteiger partial charge < -0.3 is 15.0 Å². The standard InChI is InChI=1S/C17H26N2OS/c1-4-5-6-15-7-9-16(10-8-15)18-17(21)19-11-13(2)20-14(3)12-19/h7-10,13-14H,4-6,11-12H2,1-3H3,(H,18,21). The topological polar surface area (TPSA) is 24.5 Å². The number of morpholine rings is 1. The van der Waals surface area contributed by atoms with Gasteiger partial charge in [0.1, 0.15) is 0 Å². The summed E-state index contributed by atoms with van der Waals surface area (Å²) in [6.45, 7) is 8.11. The lowest BCUT2D eigenvalue weighted by atomic mass is 10.1. The van der Waals surface area contributed by atoms with Gasteiger partial charge in [0.15, 0.2) is 5.11 Å². The number of rotatable bonds is 4. The molecule has 0 bridgehead atoms. The molecule has 1 aromatic carbocycles. The summed E-state index contributed by atoms with van der Waals surface area (Å²) in [4.78, 5) is 2.19. The van der Waals surface area contributed by atoms with Crippen molar-refractivity contribution in [3.8, 4) is 0 Å². The smallest absolute Gasteiger partial charge is 0.173 e. The predicted octanol–water partition coefficient (Wildman–Crippen LogP) is 3.84. The van der Waals surface area contributed by atoms with Gasteiger partial charge in [0, 0.05) is 18.8 Å². The summed E-state index contributed by atoms with van der Waals surface area (Å²) in [5, 5.41) is 4.13. The van der Waals surface area contributed by atoms with Crippen LogP contribution in [-0.2, 0) is 11.2 Å². The van der Waals surface area contributed by atoms with Crippen LogP contribution in [0.5, 0.6) is 0 Å². The Balaban J connectivity index is 1.90. The van der Waals surface area contributed by atoms with Crippen LogP contribution in [0.15, 0.2) is 24.3 Å². The van der Waals surface area contributed by atoms with E-state index in [9.17, 15) is 0 Å². The number of ether oxygens (including phenoxy) is 1. The number of anilines is 1. The largest absolute Gasteiger partial charge is 0.372 e. The van der Waals surface area contributed by atoms with Gasteiger partial charge in [-0.2, -0.15) is 0 Å². The van der Waals surface area contributed by atoms with Gasteiger partial charge >= 0.3 is 0 Å². The van der Waals surface area contributed by atoms with E-state index in [0.29, 0.717) is 0 Å². The van der Waals surface area contributed by atoms with Crippen LogP contribution in [0.25, 0.3) is 0 Å². The highest BCUT2D eigenvalue weighted by Crippen LogP contribution is 2.15. The zero-order chi connectivity index (χ0) is 15.2. The molecule has 116 valence electrons. The van der Waals surface area contributed by atoms with Crippen LogP contribution >= 0.6 is 12.2 Å². The lowest BCUT2D eigenvalue weighted by molar-refractivity contribution is -0.0473. The number of unbranched alkanes of at least 4 members (excludes halogenated alkanes) is 1. The third kappa shape index (κ3) is 4.97. The summed E-state index contributed by atoms with van der Waals surface area (Å²) in [7, 11) is 0. The number of thiocarbonyl (C=S) groups is 1. The summed E-state index contributed by atoms with van der Waals surface area (Å²) < 4.78 is 5.74. The van der Waals surface area contributed by atoms with E-state index in [4.69, 9.17) is 17.0 Å². The maximum Gasteiger partial charge on any atom is 0.173 e. The second-order valence-electron chi connectivity index (χ2n) is 5.89. The first kappa shape index (κ1) is 16.2. The fourth-order valence-electron chi connectivity index (χ4n) is 2.68. The molecule has 2 rings (SSSR count). The molecule has 0 radical (unpaired) electrons. The van der Waals surface area contributed by atoms with Gasteiger partial charge in [-0.15, -0.1) is 0 Å². The highest BCUT2D eigenvalue weighted by molar-refractivity contribution is 7.80. The molecule has 1 aromatic rings. The van der Waals surface area contributed by atoms with Gasteiger partial charge in [0.2, 0.25) is 0 Å². The van der Waals surface area contributed by atoms with Gasteiger partial charge in [-0.3, -0.25) is 0 Å². The molecule has 1 aliphatic rings. The van der Waals surface area contributed by atoms with Gasteiger partial charge in [-0.25, -0.2) is 0 Å². The van der Waals surface area contributed by atoms with E-state index >= 15 is 0 Å². The Morgan fingerprint density at radius 1 is 1.24 bits per heavy atom. The van der Waals surface area contributed by atoms with E-state index in [1.807, 2.05) is 0 Å². The average molecular weight is 306 g/mol. The van der Waals surface area contributed by atoms with E-state index in [-0.39, 0.29) is 12.2 Å². The molecule has 4 heteroatoms. The molecule has 2 atom stereocenters. The zero-order valence-electron chi connectivity index (χ0n) is 13.3. The molecule has 3 nitrogen and oxygen atoms in total. The Morgan fingerprint density at radius 2 is 1.86 bits per heavy atom. The van der Waals surface area contributed by atoms with Crippen LogP contribution in [0, 0.1) is 0 Å². The molecule has 1 heterocycles. The van der Waals surface area contributed by atoms with Crippen LogP contribution in [-0.4, -0.2) is 35.3 Å². The first-order valence-corrected chi connectivity index (χ1v) is 8.29. The third-order valence-electron chi connectivity index (χ3n) is 3.73. The first-order chi connectivity index (χ1) is 10.1. The Bertz CT molecular complexity index is 450. The number of nitrogens with zero attached hydrogens (tertiary/aromatic N) is 1. The van der Waals surface area contributed by atoms with E-state index in [0.717, 1.165) is 30.3 Å². The maximum absolute atomic E-state index is 5.74. The second kappa shape index (κ2) is 7.76. The van der Waals surface area contributed by atoms with E-state index < -0.39 is 0 Å². The minimum absolute atomic E-state index is 0.227. The molecule has 0 aromatic heterocycles. The fraction of sp³-hybridized carbons (Fsp3) is 0.588. The van der Waals surface area contributed by atoms with Crippen molar-refractivity contribution in [2.24, 2.45) is 0 Å². The first-order valence-electron chi connectivity index (χ1n) is 7.88. The lowest BCUT2D eigenvalue weighted by Gasteiger charge is -2.36. The molecule has 0 saturated carbocycles. The van der Waals surface area contributed by atoms with Crippen LogP contribution < -0.4 is 5.32 Å². The molecule has 0 amide bonds. The zero-order valence-corrected chi connectivity index (χ0v) is 14.1. The Kier molecular flexibility index (Phi) is 6.00. The molecule has 21 heavy (non-hydrogen) atoms. The third-order valence-corrected chi connectivity index (χ3v) is 4.09. The molecule has 0 spiro atoms. The number of aryl methyl sites for hydroxylation is 1. The molecule has 1 saturated heterocycles. The maximum atomic E-state index is 5.74. The van der Waals surface area contributed by atoms with Crippen LogP contribution in [0.2, 0.25) is 0 Å². The van der Waals surface area contributed by atoms with Crippen molar-refractivity contribution in [2.45, 2.75) is 52.2 Å². The summed E-state index contributed by atoms with van der Waals surface area (Å²) in [5.74, 6) is 0. The van der Waals surface area contributed by atoms with Gasteiger partial charge in [-0.05, 0) is 56.6 Å². The number of benzene rings is 1. The molecule has 1 fully saturated rings. The van der Waals surface area contributed by atoms with E-state index in [1.54, 1.807) is 0 Å². The average Bonchev–Trinajstić information content (AvgIpc) is 2.45. The molecule has 1 aliphatic heterocycles. The molecular weight excluding hydrogens is 280 g/mol. The van der Waals surface area contributed by atoms with Gasteiger partial charge in [0.25, 0.3) is 0 Å². The van der Waals surface area contributed by atoms with Crippen molar-refractivity contribution < 1.29 is 4.74 Å². The number of nitrogens with one attached hydrogen (secondary N) is 1. The van der Waals surface area contributed by atoms with E-state index in [1.165, 1.54) is 18.4 Å². The van der Waals surface area contributed by atoms with Crippen LogP contribution in [0.3, 0.4) is 0 Å². The van der Waals surface area contributed by atoms with Crippen molar-refractivity contribution >= 4 is 23.0 Å². The van der Waals surface area contributed by atoms with Crippen LogP contribution in [0.1, 0.15) is 39.2 Å². The van der Waals surface area contributed by atoms with Crippen molar-refractivity contribution in [3.05, 3.63) is 29.8 Å². The van der Waals surface area contributed by atoms with Crippen molar-refractivity contribution in [2.75, 3.05) is 18.4 Å². The summed E-state index contributed by atoms with van der Waals surface area (Å²) in [5.41, 5.74) is 2.45. The Morgan fingerprint density at radius 3 is 2.43 bits per heavy atom. The minimum Gasteiger partial charge on any atom is -0.372 e. The van der Waals surface area contributed by atoms with Crippen molar-refractivity contribution in [3.63, 3.8) is 0 Å². The monoisotopic (exact) mass is 306 g/mol. The Labute approximate surface area is 133 Å². The highest BCUT2D eigenvalue weighted by atomic mass is 32.1. The van der Waals surface area contributed by atoms with Gasteiger partial charge in [0.05, 0.1) is 12.2 Å². The fourth-order valence-corrected chi connectivity index (χ4v) is 2.95. The highest BCUT2D eigenvalue weighted by Gasteiger charge is 2.23. The summed E-state index contributed by atoms with van der Waals surface area (Å²) >= 11 is 5.52. The minimum atomic E-state index is 0.227. The normalized spacial score (nSPS) is 22.1. The Hall–Kier alpha value is -1.13. The van der Waals surface area contributed by atoms with Crippen LogP contribution in [0.4, 0.5) is 5.69 Å². The van der Waals surface area contributed by atoms with Gasteiger partial charge in [-0.1, -0.05) is 25.5 Å². The molecule has 1 N–H and O–H groups in total. The molecule has 2 unspecified atom stereocenters. The predicted molar refractivity (Wildman–Crippen MR) is 92.9 cm³/mol. The summed E-state index contributed by atoms with van der Waals surface area (Å²) in [6, 6.07) is 8.60. The van der Waals surface area contributed by atoms with Crippen molar-refractivity contribution in [1.82, 2.24) is 4.90 Å². The molecule has 0 aliphatic carbocycles. The van der Waals surface area contributed by atoms with Crippen molar-refractivity contribution in [1.29, 1.82) is 0 Å². The lowest BCUT2D eigenvalue weighted by Crippen LogP contribution is -2.49. The SMILES string of the molecule is CCCCc1ccc(NC(=S)N2CC(C)OC(C)C2)cc1. The number of hydrogen-bond donors (Lipinski definition) is 1. The second-order valence-corrected chi connectivity index (χ2v) is 6.28. The quantitative estimate of drug-likeness (QED) is 0.854. The molecular formula is C17H26N2OS. The summed E-state index contributed by atoms with van der Waals surface area (Å²) in [6.07, 6.45) is 4.08. The number of hydrogen-bond acceptors (Lipinski definition) is 2. The van der Waals surface area contributed by atoms with E-state index in [2.05, 4.69) is 55.3 Å².